The second-order valence-electron chi connectivity index (χ2n) is 2.11. The van der Waals surface area contributed by atoms with Crippen molar-refractivity contribution in [3.63, 3.8) is 0 Å². The van der Waals surface area contributed by atoms with Crippen molar-refractivity contribution in [3.8, 4) is 0 Å². The lowest BCUT2D eigenvalue weighted by Crippen LogP contribution is -2.14. The summed E-state index contributed by atoms with van der Waals surface area (Å²) in [5.74, 6) is 0.756. The first kappa shape index (κ1) is 9.58. The topological polar surface area (TPSA) is 12.0 Å². The maximum atomic E-state index is 4.06. The van der Waals surface area contributed by atoms with E-state index >= 15 is 0 Å². The molecule has 0 aromatic carbocycles. The van der Waals surface area contributed by atoms with Crippen LogP contribution in [0.1, 0.15) is 4.88 Å². The summed E-state index contributed by atoms with van der Waals surface area (Å²) in [5, 5.41) is 3.16. The lowest BCUT2D eigenvalue weighted by molar-refractivity contribution is 0.783. The maximum absolute atomic E-state index is 4.06. The fourth-order valence-electron chi connectivity index (χ4n) is 0.777. The lowest BCUT2D eigenvalue weighted by atomic mass is 10.3. The van der Waals surface area contributed by atoms with Gasteiger partial charge in [0, 0.05) is 17.3 Å². The van der Waals surface area contributed by atoms with Crippen molar-refractivity contribution < 1.29 is 0 Å². The summed E-state index contributed by atoms with van der Waals surface area (Å²) in [7, 11) is 0. The number of hydrogen-bond acceptors (Lipinski definition) is 3. The predicted molar refractivity (Wildman–Crippen MR) is 57.6 cm³/mol. The van der Waals surface area contributed by atoms with Crippen molar-refractivity contribution in [1.82, 2.24) is 5.32 Å². The molecular formula is C7H10BrNS2. The third kappa shape index (κ3) is 3.60. The minimum Gasteiger partial charge on any atom is -0.308 e. The van der Waals surface area contributed by atoms with Crippen LogP contribution in [0.3, 0.4) is 0 Å². The van der Waals surface area contributed by atoms with E-state index in [-0.39, 0.29) is 0 Å². The number of rotatable bonds is 4. The van der Waals surface area contributed by atoms with Crippen LogP contribution in [0.5, 0.6) is 0 Å². The lowest BCUT2D eigenvalue weighted by Gasteiger charge is -1.96. The molecule has 0 atom stereocenters. The standard InChI is InChI=1S/C7H10BrNS2/c8-7-2-1-6(11-7)3-4-9-5-10/h1-2,9-10H,3-5H2. The number of thiol groups is 1. The monoisotopic (exact) mass is 251 g/mol. The van der Waals surface area contributed by atoms with Crippen LogP contribution in [0.25, 0.3) is 0 Å². The zero-order chi connectivity index (χ0) is 8.10. The van der Waals surface area contributed by atoms with Crippen molar-refractivity contribution >= 4 is 39.9 Å². The van der Waals surface area contributed by atoms with Crippen LogP contribution in [-0.2, 0) is 6.42 Å². The van der Waals surface area contributed by atoms with E-state index < -0.39 is 0 Å². The Morgan fingerprint density at radius 3 is 2.91 bits per heavy atom. The largest absolute Gasteiger partial charge is 0.308 e. The molecule has 1 nitrogen and oxygen atoms in total. The third-order valence-corrected chi connectivity index (χ3v) is 3.20. The molecule has 0 aliphatic carbocycles. The molecule has 0 bridgehead atoms. The maximum Gasteiger partial charge on any atom is 0.0701 e. The molecule has 0 saturated carbocycles. The van der Waals surface area contributed by atoms with Crippen molar-refractivity contribution in [2.24, 2.45) is 0 Å². The summed E-state index contributed by atoms with van der Waals surface area (Å²) in [6, 6.07) is 4.23. The van der Waals surface area contributed by atoms with Crippen LogP contribution >= 0.6 is 39.9 Å². The highest BCUT2D eigenvalue weighted by Gasteiger charge is 1.95. The Morgan fingerprint density at radius 1 is 1.55 bits per heavy atom. The molecule has 1 rings (SSSR count). The number of thiophene rings is 1. The minimum absolute atomic E-state index is 0.756. The molecule has 62 valence electrons. The summed E-state index contributed by atoms with van der Waals surface area (Å²) in [4.78, 5) is 1.41. The fourth-order valence-corrected chi connectivity index (χ4v) is 2.42. The van der Waals surface area contributed by atoms with E-state index in [0.717, 1.165) is 18.8 Å². The Hall–Kier alpha value is 0.490. The van der Waals surface area contributed by atoms with E-state index in [1.54, 1.807) is 11.3 Å². The summed E-state index contributed by atoms with van der Waals surface area (Å²) >= 11 is 9.27. The highest BCUT2D eigenvalue weighted by atomic mass is 79.9. The van der Waals surface area contributed by atoms with Gasteiger partial charge in [-0.05, 0) is 34.5 Å². The molecule has 0 radical (unpaired) electrons. The van der Waals surface area contributed by atoms with Gasteiger partial charge < -0.3 is 5.32 Å². The molecule has 0 spiro atoms. The predicted octanol–water partition coefficient (Wildman–Crippen LogP) is 2.53. The first-order chi connectivity index (χ1) is 5.33. The average molecular weight is 252 g/mol. The Morgan fingerprint density at radius 2 is 2.36 bits per heavy atom. The zero-order valence-corrected chi connectivity index (χ0v) is 9.31. The molecule has 11 heavy (non-hydrogen) atoms. The Balaban J connectivity index is 2.27. The van der Waals surface area contributed by atoms with E-state index in [4.69, 9.17) is 0 Å². The normalized spacial score (nSPS) is 10.4. The SMILES string of the molecule is SCNCCc1ccc(Br)s1. The number of halogens is 1. The van der Waals surface area contributed by atoms with E-state index in [9.17, 15) is 0 Å². The first-order valence-corrected chi connectivity index (χ1v) is 5.63. The molecule has 0 aliphatic rings. The van der Waals surface area contributed by atoms with Crippen molar-refractivity contribution in [2.45, 2.75) is 6.42 Å². The first-order valence-electron chi connectivity index (χ1n) is 3.38. The molecule has 1 N–H and O–H groups in total. The van der Waals surface area contributed by atoms with Crippen LogP contribution in [0.4, 0.5) is 0 Å². The molecule has 0 unspecified atom stereocenters. The van der Waals surface area contributed by atoms with Gasteiger partial charge in [-0.1, -0.05) is 0 Å². The molecule has 0 amide bonds. The van der Waals surface area contributed by atoms with E-state index in [1.165, 1.54) is 8.66 Å². The van der Waals surface area contributed by atoms with Crippen LogP contribution in [-0.4, -0.2) is 12.4 Å². The van der Waals surface area contributed by atoms with Gasteiger partial charge in [0.05, 0.1) is 3.79 Å². The van der Waals surface area contributed by atoms with Gasteiger partial charge in [0.1, 0.15) is 0 Å². The number of hydrogen-bond donors (Lipinski definition) is 2. The van der Waals surface area contributed by atoms with Gasteiger partial charge in [-0.15, -0.1) is 11.3 Å². The van der Waals surface area contributed by atoms with Crippen LogP contribution < -0.4 is 5.32 Å². The molecular weight excluding hydrogens is 242 g/mol. The second-order valence-corrected chi connectivity index (χ2v) is 4.98. The van der Waals surface area contributed by atoms with Crippen molar-refractivity contribution in [2.75, 3.05) is 12.4 Å². The summed E-state index contributed by atoms with van der Waals surface area (Å²) in [6.07, 6.45) is 1.09. The van der Waals surface area contributed by atoms with Crippen molar-refractivity contribution in [3.05, 3.63) is 20.8 Å². The van der Waals surface area contributed by atoms with E-state index in [1.807, 2.05) is 0 Å². The second kappa shape index (κ2) is 5.19. The quantitative estimate of drug-likeness (QED) is 0.476. The highest BCUT2D eigenvalue weighted by Crippen LogP contribution is 2.21. The summed E-state index contributed by atoms with van der Waals surface area (Å²) < 4.78 is 1.21. The molecule has 1 aromatic heterocycles. The minimum atomic E-state index is 0.756. The Labute approximate surface area is 84.7 Å². The van der Waals surface area contributed by atoms with Crippen LogP contribution in [0.15, 0.2) is 15.9 Å². The molecule has 0 saturated heterocycles. The van der Waals surface area contributed by atoms with E-state index in [2.05, 4.69) is 46.0 Å². The molecule has 4 heteroatoms. The van der Waals surface area contributed by atoms with E-state index in [0.29, 0.717) is 0 Å². The molecule has 0 fully saturated rings. The number of nitrogens with one attached hydrogen (secondary N) is 1. The van der Waals surface area contributed by atoms with Gasteiger partial charge in [0.25, 0.3) is 0 Å². The van der Waals surface area contributed by atoms with Gasteiger partial charge in [-0.3, -0.25) is 0 Å². The molecule has 1 heterocycles. The smallest absolute Gasteiger partial charge is 0.0701 e. The Kier molecular flexibility index (Phi) is 4.52. The third-order valence-electron chi connectivity index (χ3n) is 1.29. The van der Waals surface area contributed by atoms with Gasteiger partial charge in [-0.25, -0.2) is 0 Å². The van der Waals surface area contributed by atoms with Crippen molar-refractivity contribution in [1.29, 1.82) is 0 Å². The molecule has 1 aromatic rings. The van der Waals surface area contributed by atoms with Gasteiger partial charge in [0.2, 0.25) is 0 Å². The zero-order valence-electron chi connectivity index (χ0n) is 6.01. The van der Waals surface area contributed by atoms with Crippen LogP contribution in [0.2, 0.25) is 0 Å². The highest BCUT2D eigenvalue weighted by molar-refractivity contribution is 9.11. The summed E-state index contributed by atoms with van der Waals surface area (Å²) in [6.45, 7) is 1.01. The van der Waals surface area contributed by atoms with Gasteiger partial charge in [-0.2, -0.15) is 12.6 Å². The fraction of sp³-hybridized carbons (Fsp3) is 0.429. The van der Waals surface area contributed by atoms with Gasteiger partial charge in [0.15, 0.2) is 0 Å². The Bertz CT molecular complexity index is 212. The molecule has 0 aliphatic heterocycles. The van der Waals surface area contributed by atoms with Gasteiger partial charge >= 0.3 is 0 Å². The average Bonchev–Trinajstić information content (AvgIpc) is 2.37. The summed E-state index contributed by atoms with van der Waals surface area (Å²) in [5.41, 5.74) is 0. The van der Waals surface area contributed by atoms with Crippen LogP contribution in [0, 0.1) is 0 Å².